The first-order valence-corrected chi connectivity index (χ1v) is 5.95. The lowest BCUT2D eigenvalue weighted by molar-refractivity contribution is -0.160. The van der Waals surface area contributed by atoms with Gasteiger partial charge < -0.3 is 0 Å². The second kappa shape index (κ2) is 3.24. The summed E-state index contributed by atoms with van der Waals surface area (Å²) in [5, 5.41) is 0. The van der Waals surface area contributed by atoms with Gasteiger partial charge in [-0.3, -0.25) is 0 Å². The second-order valence-electron chi connectivity index (χ2n) is 3.70. The Balaban J connectivity index is 2.24. The van der Waals surface area contributed by atoms with Crippen LogP contribution in [0.2, 0.25) is 0 Å². The lowest BCUT2D eigenvalue weighted by atomic mass is 10.3. The Morgan fingerprint density at radius 3 is 2.06 bits per heavy atom. The molecule has 0 saturated heterocycles. The highest BCUT2D eigenvalue weighted by Crippen LogP contribution is 2.49. The summed E-state index contributed by atoms with van der Waals surface area (Å²) in [7, 11) is -4.15. The molecule has 1 aliphatic carbocycles. The fraction of sp³-hybridized carbons (Fsp3) is 0.500. The molecular weight excluding hydrogens is 245 g/mol. The molecule has 0 atom stereocenters. The van der Waals surface area contributed by atoms with Crippen molar-refractivity contribution in [2.45, 2.75) is 24.6 Å². The van der Waals surface area contributed by atoms with Crippen LogP contribution in [0.4, 0.5) is 13.2 Å². The smallest absolute Gasteiger partial charge is 0.241 e. The zero-order valence-electron chi connectivity index (χ0n) is 8.03. The van der Waals surface area contributed by atoms with Crippen LogP contribution >= 0.6 is 0 Å². The fourth-order valence-corrected chi connectivity index (χ4v) is 2.73. The number of aromatic nitrogens is 1. The number of hydrogen-bond acceptors (Lipinski definition) is 2. The van der Waals surface area contributed by atoms with E-state index < -0.39 is 21.9 Å². The SMILES string of the molecule is O=S(=O)(NC1(C(F)(F)F)CC1)n1cccc1. The van der Waals surface area contributed by atoms with E-state index >= 15 is 0 Å². The molecule has 2 rings (SSSR count). The third-order valence-corrected chi connectivity index (χ3v) is 3.92. The van der Waals surface area contributed by atoms with E-state index in [9.17, 15) is 21.6 Å². The van der Waals surface area contributed by atoms with Crippen LogP contribution in [0, 0.1) is 0 Å². The Morgan fingerprint density at radius 2 is 1.69 bits per heavy atom. The molecule has 1 aliphatic rings. The van der Waals surface area contributed by atoms with Crippen LogP contribution in [0.5, 0.6) is 0 Å². The van der Waals surface area contributed by atoms with Gasteiger partial charge in [-0.25, -0.2) is 3.97 Å². The van der Waals surface area contributed by atoms with Crippen molar-refractivity contribution in [3.63, 3.8) is 0 Å². The summed E-state index contributed by atoms with van der Waals surface area (Å²) in [4.78, 5) is 0. The van der Waals surface area contributed by atoms with Crippen molar-refractivity contribution in [1.82, 2.24) is 8.69 Å². The minimum atomic E-state index is -4.55. The third kappa shape index (κ3) is 1.82. The maximum atomic E-state index is 12.5. The Hall–Kier alpha value is -1.02. The van der Waals surface area contributed by atoms with Crippen molar-refractivity contribution in [1.29, 1.82) is 0 Å². The van der Waals surface area contributed by atoms with E-state index in [-0.39, 0.29) is 12.8 Å². The molecule has 0 bridgehead atoms. The summed E-state index contributed by atoms with van der Waals surface area (Å²) in [6.07, 6.45) is -2.62. The molecule has 1 aromatic rings. The number of alkyl halides is 3. The first-order chi connectivity index (χ1) is 7.27. The van der Waals surface area contributed by atoms with Crippen molar-refractivity contribution in [2.75, 3.05) is 0 Å². The largest absolute Gasteiger partial charge is 0.407 e. The molecule has 0 aliphatic heterocycles. The van der Waals surface area contributed by atoms with Crippen LogP contribution in [-0.2, 0) is 10.2 Å². The molecule has 0 amide bonds. The van der Waals surface area contributed by atoms with Crippen molar-refractivity contribution >= 4 is 10.2 Å². The summed E-state index contributed by atoms with van der Waals surface area (Å²) >= 11 is 0. The summed E-state index contributed by atoms with van der Waals surface area (Å²) in [6, 6.07) is 2.85. The molecule has 1 N–H and O–H groups in total. The molecule has 8 heteroatoms. The van der Waals surface area contributed by atoms with Gasteiger partial charge in [0.1, 0.15) is 5.54 Å². The number of hydrogen-bond donors (Lipinski definition) is 1. The number of rotatable bonds is 3. The highest BCUT2D eigenvalue weighted by atomic mass is 32.2. The molecule has 0 radical (unpaired) electrons. The number of halogens is 3. The fourth-order valence-electron chi connectivity index (χ4n) is 1.35. The van der Waals surface area contributed by atoms with E-state index in [1.165, 1.54) is 24.5 Å². The van der Waals surface area contributed by atoms with Gasteiger partial charge in [-0.15, -0.1) is 0 Å². The van der Waals surface area contributed by atoms with Crippen LogP contribution in [0.3, 0.4) is 0 Å². The quantitative estimate of drug-likeness (QED) is 0.883. The molecule has 0 unspecified atom stereocenters. The Morgan fingerprint density at radius 1 is 1.19 bits per heavy atom. The van der Waals surface area contributed by atoms with Gasteiger partial charge in [0.25, 0.3) is 0 Å². The van der Waals surface area contributed by atoms with E-state index in [0.717, 1.165) is 3.97 Å². The molecule has 0 aromatic carbocycles. The Bertz CT molecular complexity index is 474. The topological polar surface area (TPSA) is 51.1 Å². The zero-order valence-corrected chi connectivity index (χ0v) is 8.85. The van der Waals surface area contributed by atoms with Gasteiger partial charge in [-0.1, -0.05) is 0 Å². The summed E-state index contributed by atoms with van der Waals surface area (Å²) in [5.74, 6) is 0. The number of nitrogens with zero attached hydrogens (tertiary/aromatic N) is 1. The molecular formula is C8H9F3N2O2S. The zero-order chi connectivity index (χ0) is 12.0. The predicted molar refractivity (Wildman–Crippen MR) is 49.9 cm³/mol. The summed E-state index contributed by atoms with van der Waals surface area (Å²) in [6.45, 7) is 0. The maximum absolute atomic E-state index is 12.5. The van der Waals surface area contributed by atoms with E-state index in [1.807, 2.05) is 0 Å². The summed E-state index contributed by atoms with van der Waals surface area (Å²) < 4.78 is 63.1. The van der Waals surface area contributed by atoms with Crippen LogP contribution < -0.4 is 4.72 Å². The Labute approximate surface area is 90.2 Å². The van der Waals surface area contributed by atoms with Crippen molar-refractivity contribution in [3.05, 3.63) is 24.5 Å². The molecule has 4 nitrogen and oxygen atoms in total. The van der Waals surface area contributed by atoms with Gasteiger partial charge in [0, 0.05) is 12.4 Å². The normalized spacial score (nSPS) is 19.7. The van der Waals surface area contributed by atoms with Crippen LogP contribution in [0.1, 0.15) is 12.8 Å². The minimum Gasteiger partial charge on any atom is -0.241 e. The molecule has 16 heavy (non-hydrogen) atoms. The van der Waals surface area contributed by atoms with Gasteiger partial charge in [-0.2, -0.15) is 26.3 Å². The highest BCUT2D eigenvalue weighted by Gasteiger charge is 2.65. The third-order valence-electron chi connectivity index (χ3n) is 2.47. The van der Waals surface area contributed by atoms with Gasteiger partial charge in [-0.05, 0) is 25.0 Å². The molecule has 1 heterocycles. The lowest BCUT2D eigenvalue weighted by Gasteiger charge is -2.20. The molecule has 0 spiro atoms. The number of nitrogens with one attached hydrogen (secondary N) is 1. The average molecular weight is 254 g/mol. The standard InChI is InChI=1S/C8H9F3N2O2S/c9-8(10,11)7(3-4-7)12-16(14,15)13-5-1-2-6-13/h1-2,5-6,12H,3-4H2. The molecule has 1 fully saturated rings. The first-order valence-electron chi connectivity index (χ1n) is 4.51. The van der Waals surface area contributed by atoms with Crippen molar-refractivity contribution in [3.8, 4) is 0 Å². The monoisotopic (exact) mass is 254 g/mol. The van der Waals surface area contributed by atoms with Crippen LogP contribution in [0.15, 0.2) is 24.5 Å². The predicted octanol–water partition coefficient (Wildman–Crippen LogP) is 1.27. The maximum Gasteiger partial charge on any atom is 0.407 e. The van der Waals surface area contributed by atoms with Gasteiger partial charge in [0.15, 0.2) is 0 Å². The summed E-state index contributed by atoms with van der Waals surface area (Å²) in [5.41, 5.74) is -2.27. The van der Waals surface area contributed by atoms with Crippen molar-refractivity contribution < 1.29 is 21.6 Å². The first kappa shape index (κ1) is 11.5. The molecule has 1 aromatic heterocycles. The van der Waals surface area contributed by atoms with E-state index in [1.54, 1.807) is 4.72 Å². The highest BCUT2D eigenvalue weighted by molar-refractivity contribution is 7.88. The van der Waals surface area contributed by atoms with Gasteiger partial charge in [0.2, 0.25) is 0 Å². The van der Waals surface area contributed by atoms with Gasteiger partial charge in [0.05, 0.1) is 0 Å². The second-order valence-corrected chi connectivity index (χ2v) is 5.28. The molecule has 90 valence electrons. The lowest BCUT2D eigenvalue weighted by Crippen LogP contribution is -2.49. The van der Waals surface area contributed by atoms with Crippen molar-refractivity contribution in [2.24, 2.45) is 0 Å². The van der Waals surface area contributed by atoms with Gasteiger partial charge >= 0.3 is 16.4 Å². The van der Waals surface area contributed by atoms with E-state index in [4.69, 9.17) is 0 Å². The van der Waals surface area contributed by atoms with E-state index in [0.29, 0.717) is 0 Å². The van der Waals surface area contributed by atoms with Crippen LogP contribution in [0.25, 0.3) is 0 Å². The Kier molecular flexibility index (Phi) is 2.32. The molecule has 1 saturated carbocycles. The van der Waals surface area contributed by atoms with E-state index in [2.05, 4.69) is 0 Å². The van der Waals surface area contributed by atoms with Crippen LogP contribution in [-0.4, -0.2) is 24.1 Å². The minimum absolute atomic E-state index is 0.211. The average Bonchev–Trinajstić information content (AvgIpc) is 2.73.